The van der Waals surface area contributed by atoms with Gasteiger partial charge in [0.05, 0.1) is 5.02 Å². The lowest BCUT2D eigenvalue weighted by molar-refractivity contribution is 0.0909. The number of carbonyl (C=O) groups excluding carboxylic acids is 1. The summed E-state index contributed by atoms with van der Waals surface area (Å²) in [4.78, 5) is 12.0. The van der Waals surface area contributed by atoms with Crippen molar-refractivity contribution in [3.63, 3.8) is 0 Å². The Morgan fingerprint density at radius 3 is 2.48 bits per heavy atom. The molecule has 0 heterocycles. The highest BCUT2D eigenvalue weighted by Crippen LogP contribution is 2.31. The normalized spacial score (nSPS) is 17.1. The number of halogens is 2. The van der Waals surface area contributed by atoms with E-state index < -0.39 is 9.05 Å². The van der Waals surface area contributed by atoms with E-state index in [2.05, 4.69) is 5.32 Å². The summed E-state index contributed by atoms with van der Waals surface area (Å²) in [5, 5.41) is 2.95. The fourth-order valence-corrected chi connectivity index (χ4v) is 3.93. The fourth-order valence-electron chi connectivity index (χ4n) is 2.39. The van der Waals surface area contributed by atoms with Crippen LogP contribution in [0.15, 0.2) is 17.0 Å². The Labute approximate surface area is 134 Å². The SMILES string of the molecule is Cc1cc(C(=O)NC(C)C2CCC2)cc(S(=O)(=O)Cl)c1Cl. The molecule has 0 radical (unpaired) electrons. The van der Waals surface area contributed by atoms with Crippen LogP contribution in [0, 0.1) is 12.8 Å². The third-order valence-corrected chi connectivity index (χ3v) is 5.92. The molecule has 1 unspecified atom stereocenters. The molecule has 1 aliphatic rings. The van der Waals surface area contributed by atoms with Gasteiger partial charge in [-0.1, -0.05) is 18.0 Å². The van der Waals surface area contributed by atoms with Crippen molar-refractivity contribution >= 4 is 37.2 Å². The molecular formula is C14H17Cl2NO3S. The summed E-state index contributed by atoms with van der Waals surface area (Å²) in [7, 11) is 1.37. The van der Waals surface area contributed by atoms with Crippen LogP contribution in [-0.4, -0.2) is 20.4 Å². The summed E-state index contributed by atoms with van der Waals surface area (Å²) in [5.74, 6) is 0.189. The van der Waals surface area contributed by atoms with Gasteiger partial charge in [-0.2, -0.15) is 0 Å². The van der Waals surface area contributed by atoms with Crippen molar-refractivity contribution in [3.8, 4) is 0 Å². The number of aryl methyl sites for hydroxylation is 1. The number of amides is 1. The molecule has 7 heteroatoms. The number of rotatable bonds is 4. The third-order valence-electron chi connectivity index (χ3n) is 3.96. The first-order valence-electron chi connectivity index (χ1n) is 6.76. The van der Waals surface area contributed by atoms with Crippen molar-refractivity contribution in [2.24, 2.45) is 5.92 Å². The standard InChI is InChI=1S/C14H17Cl2NO3S/c1-8-6-11(7-12(13(8)15)21(16,19)20)14(18)17-9(2)10-4-3-5-10/h6-7,9-10H,3-5H2,1-2H3,(H,17,18). The van der Waals surface area contributed by atoms with Crippen LogP contribution < -0.4 is 5.32 Å². The zero-order valence-corrected chi connectivity index (χ0v) is 14.1. The van der Waals surface area contributed by atoms with E-state index in [9.17, 15) is 13.2 Å². The maximum absolute atomic E-state index is 12.3. The van der Waals surface area contributed by atoms with Gasteiger partial charge < -0.3 is 5.32 Å². The Hall–Kier alpha value is -0.780. The molecule has 1 saturated carbocycles. The van der Waals surface area contributed by atoms with Crippen molar-refractivity contribution in [1.82, 2.24) is 5.32 Å². The van der Waals surface area contributed by atoms with E-state index in [1.54, 1.807) is 13.0 Å². The highest BCUT2D eigenvalue weighted by Gasteiger charge is 2.26. The Morgan fingerprint density at radius 2 is 2.00 bits per heavy atom. The molecule has 1 atom stereocenters. The zero-order chi connectivity index (χ0) is 15.8. The first-order valence-corrected chi connectivity index (χ1v) is 9.44. The van der Waals surface area contributed by atoms with Crippen molar-refractivity contribution in [1.29, 1.82) is 0 Å². The molecule has 1 aliphatic carbocycles. The second-order valence-electron chi connectivity index (χ2n) is 5.50. The van der Waals surface area contributed by atoms with E-state index in [0.717, 1.165) is 12.8 Å². The minimum Gasteiger partial charge on any atom is -0.349 e. The van der Waals surface area contributed by atoms with Gasteiger partial charge in [0, 0.05) is 22.3 Å². The average Bonchev–Trinajstić information content (AvgIpc) is 2.28. The van der Waals surface area contributed by atoms with Gasteiger partial charge in [0.1, 0.15) is 4.90 Å². The topological polar surface area (TPSA) is 63.2 Å². The lowest BCUT2D eigenvalue weighted by Crippen LogP contribution is -2.40. The van der Waals surface area contributed by atoms with Crippen LogP contribution in [0.3, 0.4) is 0 Å². The Kier molecular flexibility index (Phi) is 4.85. The van der Waals surface area contributed by atoms with Gasteiger partial charge in [0.25, 0.3) is 15.0 Å². The van der Waals surface area contributed by atoms with E-state index in [1.165, 1.54) is 12.5 Å². The molecule has 0 aliphatic heterocycles. The van der Waals surface area contributed by atoms with Gasteiger partial charge in [-0.15, -0.1) is 0 Å². The van der Waals surface area contributed by atoms with Gasteiger partial charge in [-0.25, -0.2) is 8.42 Å². The molecule has 4 nitrogen and oxygen atoms in total. The first kappa shape index (κ1) is 16.6. The molecule has 1 aromatic rings. The van der Waals surface area contributed by atoms with E-state index in [1.807, 2.05) is 6.92 Å². The minimum absolute atomic E-state index is 0.0496. The minimum atomic E-state index is -3.99. The van der Waals surface area contributed by atoms with Crippen LogP contribution in [-0.2, 0) is 9.05 Å². The van der Waals surface area contributed by atoms with Crippen molar-refractivity contribution < 1.29 is 13.2 Å². The number of carbonyl (C=O) groups is 1. The van der Waals surface area contributed by atoms with Gasteiger partial charge in [-0.05, 0) is 50.3 Å². The largest absolute Gasteiger partial charge is 0.349 e. The Balaban J connectivity index is 2.27. The van der Waals surface area contributed by atoms with Crippen LogP contribution >= 0.6 is 22.3 Å². The zero-order valence-electron chi connectivity index (χ0n) is 11.8. The number of benzene rings is 1. The average molecular weight is 350 g/mol. The van der Waals surface area contributed by atoms with E-state index >= 15 is 0 Å². The van der Waals surface area contributed by atoms with Gasteiger partial charge in [-0.3, -0.25) is 4.79 Å². The number of nitrogens with one attached hydrogen (secondary N) is 1. The van der Waals surface area contributed by atoms with Crippen LogP contribution in [0.25, 0.3) is 0 Å². The van der Waals surface area contributed by atoms with E-state index in [0.29, 0.717) is 11.5 Å². The van der Waals surface area contributed by atoms with E-state index in [4.69, 9.17) is 22.3 Å². The molecule has 1 fully saturated rings. The lowest BCUT2D eigenvalue weighted by atomic mass is 9.80. The summed E-state index contributed by atoms with van der Waals surface area (Å²) in [6.07, 6.45) is 3.42. The molecule has 21 heavy (non-hydrogen) atoms. The Morgan fingerprint density at radius 1 is 1.38 bits per heavy atom. The van der Waals surface area contributed by atoms with Crippen molar-refractivity contribution in [2.45, 2.75) is 44.0 Å². The summed E-state index contributed by atoms with van der Waals surface area (Å²) < 4.78 is 23.0. The monoisotopic (exact) mass is 349 g/mol. The second kappa shape index (κ2) is 6.15. The van der Waals surface area contributed by atoms with Crippen LogP contribution in [0.2, 0.25) is 5.02 Å². The number of hydrogen-bond donors (Lipinski definition) is 1. The van der Waals surface area contributed by atoms with Crippen molar-refractivity contribution in [2.75, 3.05) is 0 Å². The predicted molar refractivity (Wildman–Crippen MR) is 83.5 cm³/mol. The maximum Gasteiger partial charge on any atom is 0.262 e. The molecule has 1 amide bonds. The first-order chi connectivity index (χ1) is 9.70. The molecule has 116 valence electrons. The highest BCUT2D eigenvalue weighted by atomic mass is 35.7. The molecule has 0 bridgehead atoms. The second-order valence-corrected chi connectivity index (χ2v) is 8.41. The van der Waals surface area contributed by atoms with Crippen LogP contribution in [0.4, 0.5) is 0 Å². The molecule has 1 aromatic carbocycles. The van der Waals surface area contributed by atoms with Crippen molar-refractivity contribution in [3.05, 3.63) is 28.3 Å². The highest BCUT2D eigenvalue weighted by molar-refractivity contribution is 8.13. The lowest BCUT2D eigenvalue weighted by Gasteiger charge is -2.31. The van der Waals surface area contributed by atoms with Crippen LogP contribution in [0.5, 0.6) is 0 Å². The van der Waals surface area contributed by atoms with Gasteiger partial charge in [0.15, 0.2) is 0 Å². The van der Waals surface area contributed by atoms with Crippen LogP contribution in [0.1, 0.15) is 42.1 Å². The predicted octanol–water partition coefficient (Wildman–Crippen LogP) is 3.49. The summed E-state index contributed by atoms with van der Waals surface area (Å²) in [6, 6.07) is 2.86. The molecule has 1 N–H and O–H groups in total. The summed E-state index contributed by atoms with van der Waals surface area (Å²) in [5.41, 5.74) is 0.752. The summed E-state index contributed by atoms with van der Waals surface area (Å²) >= 11 is 5.95. The molecule has 0 spiro atoms. The smallest absolute Gasteiger partial charge is 0.262 e. The molecule has 0 aromatic heterocycles. The number of hydrogen-bond acceptors (Lipinski definition) is 3. The summed E-state index contributed by atoms with van der Waals surface area (Å²) in [6.45, 7) is 3.60. The van der Waals surface area contributed by atoms with E-state index in [-0.39, 0.29) is 27.4 Å². The van der Waals surface area contributed by atoms with Gasteiger partial charge >= 0.3 is 0 Å². The fraction of sp³-hybridized carbons (Fsp3) is 0.500. The molecule has 0 saturated heterocycles. The molecule has 2 rings (SSSR count). The maximum atomic E-state index is 12.3. The third kappa shape index (κ3) is 3.71. The Bertz CT molecular complexity index is 669. The van der Waals surface area contributed by atoms with Gasteiger partial charge in [0.2, 0.25) is 0 Å². The quantitative estimate of drug-likeness (QED) is 0.846. The molecular weight excluding hydrogens is 333 g/mol.